The zero-order chi connectivity index (χ0) is 12.8. The van der Waals surface area contributed by atoms with E-state index in [9.17, 15) is 0 Å². The normalized spacial score (nSPS) is 11.2. The van der Waals surface area contributed by atoms with E-state index in [1.165, 1.54) is 29.3 Å². The molecule has 0 aliphatic carbocycles. The van der Waals surface area contributed by atoms with Crippen LogP contribution >= 0.6 is 11.8 Å². The first-order chi connectivity index (χ1) is 8.86. The quantitative estimate of drug-likeness (QED) is 0.698. The number of benzene rings is 1. The minimum Gasteiger partial charge on any atom is -0.328 e. The second-order valence-electron chi connectivity index (χ2n) is 4.47. The number of aromatic nitrogens is 2. The molecule has 2 rings (SSSR count). The van der Waals surface area contributed by atoms with Crippen molar-refractivity contribution in [3.05, 3.63) is 30.1 Å². The molecule has 0 bridgehead atoms. The lowest BCUT2D eigenvalue weighted by molar-refractivity contribution is 0.650. The Bertz CT molecular complexity index is 490. The van der Waals surface area contributed by atoms with Crippen molar-refractivity contribution in [2.75, 3.05) is 11.5 Å². The average molecular weight is 262 g/mol. The SMILES string of the molecule is CCCc1nc2ccccc2n1CCCSCC. The van der Waals surface area contributed by atoms with E-state index in [-0.39, 0.29) is 0 Å². The van der Waals surface area contributed by atoms with Crippen molar-refractivity contribution < 1.29 is 0 Å². The Morgan fingerprint density at radius 3 is 2.83 bits per heavy atom. The van der Waals surface area contributed by atoms with Crippen LogP contribution in [0.25, 0.3) is 11.0 Å². The number of fused-ring (bicyclic) bond motifs is 1. The third-order valence-electron chi connectivity index (χ3n) is 3.08. The van der Waals surface area contributed by atoms with Gasteiger partial charge in [0.25, 0.3) is 0 Å². The van der Waals surface area contributed by atoms with Gasteiger partial charge in [-0.3, -0.25) is 0 Å². The van der Waals surface area contributed by atoms with Gasteiger partial charge in [-0.15, -0.1) is 0 Å². The van der Waals surface area contributed by atoms with Crippen LogP contribution in [0, 0.1) is 0 Å². The van der Waals surface area contributed by atoms with Gasteiger partial charge in [0.2, 0.25) is 0 Å². The number of aryl methyl sites for hydroxylation is 2. The first-order valence-corrected chi connectivity index (χ1v) is 8.04. The molecule has 0 atom stereocenters. The molecule has 0 aliphatic rings. The van der Waals surface area contributed by atoms with E-state index in [1.807, 2.05) is 11.8 Å². The Hall–Kier alpha value is -0.960. The first-order valence-electron chi connectivity index (χ1n) is 6.88. The van der Waals surface area contributed by atoms with Crippen LogP contribution in [-0.4, -0.2) is 21.1 Å². The Morgan fingerprint density at radius 2 is 2.06 bits per heavy atom. The zero-order valence-electron chi connectivity index (χ0n) is 11.4. The van der Waals surface area contributed by atoms with Crippen molar-refractivity contribution in [1.82, 2.24) is 9.55 Å². The molecular weight excluding hydrogens is 240 g/mol. The molecule has 1 aromatic heterocycles. The predicted molar refractivity (Wildman–Crippen MR) is 81.3 cm³/mol. The third-order valence-corrected chi connectivity index (χ3v) is 4.07. The largest absolute Gasteiger partial charge is 0.328 e. The van der Waals surface area contributed by atoms with Crippen LogP contribution in [0.15, 0.2) is 24.3 Å². The van der Waals surface area contributed by atoms with Crippen molar-refractivity contribution in [3.63, 3.8) is 0 Å². The molecule has 0 aliphatic heterocycles. The maximum absolute atomic E-state index is 4.76. The average Bonchev–Trinajstić information content (AvgIpc) is 2.73. The van der Waals surface area contributed by atoms with E-state index in [1.54, 1.807) is 0 Å². The predicted octanol–water partition coefficient (Wildman–Crippen LogP) is 4.13. The highest BCUT2D eigenvalue weighted by atomic mass is 32.2. The van der Waals surface area contributed by atoms with Gasteiger partial charge in [0.15, 0.2) is 0 Å². The van der Waals surface area contributed by atoms with Gasteiger partial charge in [0, 0.05) is 13.0 Å². The number of imidazole rings is 1. The molecule has 98 valence electrons. The Labute approximate surface area is 114 Å². The summed E-state index contributed by atoms with van der Waals surface area (Å²) >= 11 is 2.02. The summed E-state index contributed by atoms with van der Waals surface area (Å²) in [6.45, 7) is 5.54. The van der Waals surface area contributed by atoms with Gasteiger partial charge < -0.3 is 4.57 Å². The molecule has 18 heavy (non-hydrogen) atoms. The Balaban J connectivity index is 2.19. The molecule has 1 heterocycles. The van der Waals surface area contributed by atoms with Crippen molar-refractivity contribution in [1.29, 1.82) is 0 Å². The molecule has 1 aromatic carbocycles. The summed E-state index contributed by atoms with van der Waals surface area (Å²) in [5, 5.41) is 0. The molecule has 3 heteroatoms. The number of thioether (sulfide) groups is 1. The summed E-state index contributed by atoms with van der Waals surface area (Å²) in [5.74, 6) is 3.71. The van der Waals surface area contributed by atoms with E-state index >= 15 is 0 Å². The Kier molecular flexibility index (Phi) is 5.12. The summed E-state index contributed by atoms with van der Waals surface area (Å²) in [7, 11) is 0. The van der Waals surface area contributed by atoms with Gasteiger partial charge in [0.1, 0.15) is 5.82 Å². The lowest BCUT2D eigenvalue weighted by Gasteiger charge is -2.08. The van der Waals surface area contributed by atoms with Crippen LogP contribution in [0.5, 0.6) is 0 Å². The second kappa shape index (κ2) is 6.83. The van der Waals surface area contributed by atoms with Crippen LogP contribution < -0.4 is 0 Å². The molecule has 0 spiro atoms. The van der Waals surface area contributed by atoms with Crippen molar-refractivity contribution in [2.24, 2.45) is 0 Å². The topological polar surface area (TPSA) is 17.8 Å². The monoisotopic (exact) mass is 262 g/mol. The first kappa shape index (κ1) is 13.5. The fourth-order valence-corrected chi connectivity index (χ4v) is 2.88. The number of rotatable bonds is 7. The Morgan fingerprint density at radius 1 is 1.22 bits per heavy atom. The lowest BCUT2D eigenvalue weighted by Crippen LogP contribution is -2.04. The molecule has 0 N–H and O–H groups in total. The summed E-state index contributed by atoms with van der Waals surface area (Å²) in [5.41, 5.74) is 2.44. The van der Waals surface area contributed by atoms with Gasteiger partial charge in [-0.2, -0.15) is 11.8 Å². The molecule has 0 radical (unpaired) electrons. The van der Waals surface area contributed by atoms with E-state index < -0.39 is 0 Å². The van der Waals surface area contributed by atoms with Crippen LogP contribution in [0.1, 0.15) is 32.5 Å². The highest BCUT2D eigenvalue weighted by Crippen LogP contribution is 2.18. The van der Waals surface area contributed by atoms with Gasteiger partial charge in [-0.1, -0.05) is 26.0 Å². The van der Waals surface area contributed by atoms with Crippen LogP contribution in [0.4, 0.5) is 0 Å². The molecule has 2 aromatic rings. The molecule has 0 saturated heterocycles. The van der Waals surface area contributed by atoms with E-state index in [2.05, 4.69) is 42.7 Å². The minimum absolute atomic E-state index is 1.08. The van der Waals surface area contributed by atoms with Gasteiger partial charge in [-0.05, 0) is 36.5 Å². The summed E-state index contributed by atoms with van der Waals surface area (Å²) in [6.07, 6.45) is 3.47. The molecule has 0 amide bonds. The fourth-order valence-electron chi connectivity index (χ4n) is 2.26. The van der Waals surface area contributed by atoms with E-state index in [0.717, 1.165) is 24.9 Å². The molecule has 2 nitrogen and oxygen atoms in total. The number of hydrogen-bond donors (Lipinski definition) is 0. The molecule has 0 fully saturated rings. The van der Waals surface area contributed by atoms with Crippen LogP contribution in [0.2, 0.25) is 0 Å². The van der Waals surface area contributed by atoms with Gasteiger partial charge >= 0.3 is 0 Å². The summed E-state index contributed by atoms with van der Waals surface area (Å²) < 4.78 is 2.41. The highest BCUT2D eigenvalue weighted by molar-refractivity contribution is 7.99. The molecule has 0 saturated carbocycles. The minimum atomic E-state index is 1.08. The summed E-state index contributed by atoms with van der Waals surface area (Å²) in [6, 6.07) is 8.49. The van der Waals surface area contributed by atoms with Gasteiger partial charge in [-0.25, -0.2) is 4.98 Å². The standard InChI is InChI=1S/C15H22N2S/c1-3-8-15-16-13-9-5-6-10-14(13)17(15)11-7-12-18-4-2/h5-6,9-10H,3-4,7-8,11-12H2,1-2H3. The van der Waals surface area contributed by atoms with E-state index in [4.69, 9.17) is 4.98 Å². The third kappa shape index (κ3) is 3.08. The summed E-state index contributed by atoms with van der Waals surface area (Å²) in [4.78, 5) is 4.76. The maximum atomic E-state index is 4.76. The maximum Gasteiger partial charge on any atom is 0.109 e. The van der Waals surface area contributed by atoms with Crippen LogP contribution in [-0.2, 0) is 13.0 Å². The molecular formula is C15H22N2S. The van der Waals surface area contributed by atoms with Gasteiger partial charge in [0.05, 0.1) is 11.0 Å². The fraction of sp³-hybridized carbons (Fsp3) is 0.533. The molecule has 0 unspecified atom stereocenters. The van der Waals surface area contributed by atoms with Crippen molar-refractivity contribution in [3.8, 4) is 0 Å². The number of hydrogen-bond acceptors (Lipinski definition) is 2. The number of nitrogens with zero attached hydrogens (tertiary/aromatic N) is 2. The van der Waals surface area contributed by atoms with Crippen molar-refractivity contribution >= 4 is 22.8 Å². The number of para-hydroxylation sites is 2. The smallest absolute Gasteiger partial charge is 0.109 e. The second-order valence-corrected chi connectivity index (χ2v) is 5.86. The van der Waals surface area contributed by atoms with E-state index in [0.29, 0.717) is 0 Å². The lowest BCUT2D eigenvalue weighted by atomic mass is 10.3. The van der Waals surface area contributed by atoms with Crippen LogP contribution in [0.3, 0.4) is 0 Å². The van der Waals surface area contributed by atoms with Crippen molar-refractivity contribution in [2.45, 2.75) is 39.7 Å². The zero-order valence-corrected chi connectivity index (χ0v) is 12.2. The highest BCUT2D eigenvalue weighted by Gasteiger charge is 2.08.